The summed E-state index contributed by atoms with van der Waals surface area (Å²) in [4.78, 5) is 5.79. The Hall–Kier alpha value is -0.970. The summed E-state index contributed by atoms with van der Waals surface area (Å²) in [5, 5.41) is -0.137. The second-order valence-corrected chi connectivity index (χ2v) is 4.47. The molecule has 1 aromatic rings. The van der Waals surface area contributed by atoms with Gasteiger partial charge in [-0.15, -0.1) is 0 Å². The average molecular weight is 281 g/mol. The van der Waals surface area contributed by atoms with Gasteiger partial charge in [-0.05, 0) is 32.4 Å². The first kappa shape index (κ1) is 15.1. The second kappa shape index (κ2) is 5.78. The number of nitrogens with zero attached hydrogens (tertiary/aromatic N) is 2. The molecule has 1 aromatic heterocycles. The lowest BCUT2D eigenvalue weighted by Gasteiger charge is -2.29. The van der Waals surface area contributed by atoms with E-state index in [2.05, 4.69) is 4.98 Å². The maximum Gasteiger partial charge on any atom is 0.416 e. The Morgan fingerprint density at radius 2 is 1.94 bits per heavy atom. The van der Waals surface area contributed by atoms with Crippen LogP contribution in [0.2, 0.25) is 5.15 Å². The number of anilines is 1. The molecular formula is C12H16ClF3N2. The fourth-order valence-electron chi connectivity index (χ4n) is 1.71. The number of rotatable bonds is 4. The van der Waals surface area contributed by atoms with Crippen molar-refractivity contribution in [1.82, 2.24) is 4.98 Å². The van der Waals surface area contributed by atoms with Crippen LogP contribution in [-0.2, 0) is 6.18 Å². The Morgan fingerprint density at radius 1 is 1.33 bits per heavy atom. The van der Waals surface area contributed by atoms with Gasteiger partial charge in [0, 0.05) is 12.6 Å². The SMILES string of the molecule is CC[C@H](C)N(CC)c1cc(C(F)(F)F)cc(Cl)n1. The van der Waals surface area contributed by atoms with Gasteiger partial charge in [0.1, 0.15) is 11.0 Å². The maximum absolute atomic E-state index is 12.7. The number of hydrogen-bond acceptors (Lipinski definition) is 2. The normalized spacial score (nSPS) is 13.5. The smallest absolute Gasteiger partial charge is 0.354 e. The molecule has 1 atom stereocenters. The molecule has 2 nitrogen and oxygen atoms in total. The molecule has 0 bridgehead atoms. The van der Waals surface area contributed by atoms with Gasteiger partial charge in [0.2, 0.25) is 0 Å². The van der Waals surface area contributed by atoms with Crippen molar-refractivity contribution < 1.29 is 13.2 Å². The van der Waals surface area contributed by atoms with E-state index in [4.69, 9.17) is 11.6 Å². The van der Waals surface area contributed by atoms with Crippen LogP contribution in [0.5, 0.6) is 0 Å². The molecule has 0 saturated carbocycles. The van der Waals surface area contributed by atoms with Crippen molar-refractivity contribution in [2.24, 2.45) is 0 Å². The summed E-state index contributed by atoms with van der Waals surface area (Å²) in [5.74, 6) is 0.270. The minimum Gasteiger partial charge on any atom is -0.354 e. The molecule has 0 aromatic carbocycles. The number of halogens is 4. The van der Waals surface area contributed by atoms with Gasteiger partial charge in [0.15, 0.2) is 0 Å². The molecule has 0 aliphatic carbocycles. The van der Waals surface area contributed by atoms with E-state index < -0.39 is 11.7 Å². The van der Waals surface area contributed by atoms with Crippen molar-refractivity contribution in [2.45, 2.75) is 39.4 Å². The van der Waals surface area contributed by atoms with E-state index in [1.165, 1.54) is 0 Å². The lowest BCUT2D eigenvalue weighted by molar-refractivity contribution is -0.137. The van der Waals surface area contributed by atoms with Crippen LogP contribution in [0.4, 0.5) is 19.0 Å². The molecular weight excluding hydrogens is 265 g/mol. The summed E-state index contributed by atoms with van der Waals surface area (Å²) < 4.78 is 38.1. The second-order valence-electron chi connectivity index (χ2n) is 4.08. The predicted octanol–water partition coefficient (Wildman–Crippen LogP) is 4.38. The van der Waals surface area contributed by atoms with Crippen LogP contribution >= 0.6 is 11.6 Å². The average Bonchev–Trinajstić information content (AvgIpc) is 2.27. The van der Waals surface area contributed by atoms with Gasteiger partial charge in [0.05, 0.1) is 5.56 Å². The summed E-state index contributed by atoms with van der Waals surface area (Å²) in [6.07, 6.45) is -3.58. The zero-order valence-corrected chi connectivity index (χ0v) is 11.3. The summed E-state index contributed by atoms with van der Waals surface area (Å²) in [6, 6.07) is 2.00. The molecule has 6 heteroatoms. The van der Waals surface area contributed by atoms with Crippen LogP contribution in [0.1, 0.15) is 32.8 Å². The molecule has 0 N–H and O–H groups in total. The van der Waals surface area contributed by atoms with Crippen LogP contribution < -0.4 is 4.90 Å². The number of aromatic nitrogens is 1. The predicted molar refractivity (Wildman–Crippen MR) is 67.0 cm³/mol. The van der Waals surface area contributed by atoms with Gasteiger partial charge >= 0.3 is 6.18 Å². The van der Waals surface area contributed by atoms with E-state index in [0.29, 0.717) is 6.54 Å². The van der Waals surface area contributed by atoms with Gasteiger partial charge < -0.3 is 4.90 Å². The van der Waals surface area contributed by atoms with Gasteiger partial charge in [-0.3, -0.25) is 0 Å². The first-order chi connectivity index (χ1) is 8.29. The minimum atomic E-state index is -4.41. The third-order valence-corrected chi connectivity index (χ3v) is 3.06. The Labute approximate surface area is 110 Å². The molecule has 0 fully saturated rings. The molecule has 0 radical (unpaired) electrons. The highest BCUT2D eigenvalue weighted by molar-refractivity contribution is 6.29. The highest BCUT2D eigenvalue weighted by Crippen LogP contribution is 2.33. The molecule has 0 unspecified atom stereocenters. The summed E-state index contributed by atoms with van der Waals surface area (Å²) in [5.41, 5.74) is -0.765. The van der Waals surface area contributed by atoms with Crippen LogP contribution in [0.3, 0.4) is 0 Å². The number of pyridine rings is 1. The van der Waals surface area contributed by atoms with Crippen molar-refractivity contribution >= 4 is 17.4 Å². The van der Waals surface area contributed by atoms with Gasteiger partial charge in [0.25, 0.3) is 0 Å². The van der Waals surface area contributed by atoms with Crippen LogP contribution in [0.15, 0.2) is 12.1 Å². The third-order valence-electron chi connectivity index (χ3n) is 2.87. The van der Waals surface area contributed by atoms with Crippen LogP contribution in [0.25, 0.3) is 0 Å². The maximum atomic E-state index is 12.7. The Kier molecular flexibility index (Phi) is 4.85. The summed E-state index contributed by atoms with van der Waals surface area (Å²) in [7, 11) is 0. The minimum absolute atomic E-state index is 0.113. The third kappa shape index (κ3) is 3.51. The summed E-state index contributed by atoms with van der Waals surface area (Å²) >= 11 is 5.67. The zero-order chi connectivity index (χ0) is 13.9. The fourth-order valence-corrected chi connectivity index (χ4v) is 1.92. The van der Waals surface area contributed by atoms with Gasteiger partial charge in [-0.25, -0.2) is 4.98 Å². The van der Waals surface area contributed by atoms with Crippen molar-refractivity contribution in [3.8, 4) is 0 Å². The highest BCUT2D eigenvalue weighted by atomic mass is 35.5. The zero-order valence-electron chi connectivity index (χ0n) is 10.6. The first-order valence-electron chi connectivity index (χ1n) is 5.81. The monoisotopic (exact) mass is 280 g/mol. The number of alkyl halides is 3. The van der Waals surface area contributed by atoms with E-state index in [-0.39, 0.29) is 17.0 Å². The van der Waals surface area contributed by atoms with Crippen molar-refractivity contribution in [1.29, 1.82) is 0 Å². The molecule has 0 spiro atoms. The van der Waals surface area contributed by atoms with Crippen molar-refractivity contribution in [3.05, 3.63) is 22.8 Å². The lowest BCUT2D eigenvalue weighted by atomic mass is 10.2. The topological polar surface area (TPSA) is 16.1 Å². The van der Waals surface area contributed by atoms with Gasteiger partial charge in [-0.1, -0.05) is 18.5 Å². The fraction of sp³-hybridized carbons (Fsp3) is 0.583. The van der Waals surface area contributed by atoms with Crippen molar-refractivity contribution in [3.63, 3.8) is 0 Å². The van der Waals surface area contributed by atoms with Gasteiger partial charge in [-0.2, -0.15) is 13.2 Å². The van der Waals surface area contributed by atoms with E-state index in [1.807, 2.05) is 20.8 Å². The molecule has 102 valence electrons. The molecule has 0 amide bonds. The van der Waals surface area contributed by atoms with E-state index >= 15 is 0 Å². The van der Waals surface area contributed by atoms with Crippen LogP contribution in [0, 0.1) is 0 Å². The molecule has 0 aliphatic rings. The Balaban J connectivity index is 3.20. The first-order valence-corrected chi connectivity index (χ1v) is 6.18. The summed E-state index contributed by atoms with van der Waals surface area (Å²) in [6.45, 7) is 6.38. The molecule has 0 saturated heterocycles. The standard InChI is InChI=1S/C12H16ClF3N2/c1-4-8(3)18(5-2)11-7-9(12(14,15)16)6-10(13)17-11/h6-8H,4-5H2,1-3H3/t8-/m0/s1. The van der Waals surface area contributed by atoms with E-state index in [9.17, 15) is 13.2 Å². The molecule has 18 heavy (non-hydrogen) atoms. The quantitative estimate of drug-likeness (QED) is 0.761. The highest BCUT2D eigenvalue weighted by Gasteiger charge is 2.32. The number of hydrogen-bond donors (Lipinski definition) is 0. The molecule has 1 rings (SSSR count). The van der Waals surface area contributed by atoms with Crippen LogP contribution in [-0.4, -0.2) is 17.6 Å². The lowest BCUT2D eigenvalue weighted by Crippen LogP contribution is -2.33. The van der Waals surface area contributed by atoms with Crippen molar-refractivity contribution in [2.75, 3.05) is 11.4 Å². The van der Waals surface area contributed by atoms with E-state index in [0.717, 1.165) is 18.6 Å². The largest absolute Gasteiger partial charge is 0.416 e. The molecule has 1 heterocycles. The van der Waals surface area contributed by atoms with E-state index in [1.54, 1.807) is 4.90 Å². The molecule has 0 aliphatic heterocycles. The Morgan fingerprint density at radius 3 is 2.39 bits per heavy atom. The Bertz CT molecular complexity index is 407.